The van der Waals surface area contributed by atoms with Crippen molar-refractivity contribution in [1.29, 1.82) is 0 Å². The van der Waals surface area contributed by atoms with Gasteiger partial charge in [-0.25, -0.2) is 9.59 Å². The summed E-state index contributed by atoms with van der Waals surface area (Å²) >= 11 is 24.4. The lowest BCUT2D eigenvalue weighted by Crippen LogP contribution is -2.65. The highest BCUT2D eigenvalue weighted by atomic mass is 35.6. The Morgan fingerprint density at radius 2 is 1.59 bits per heavy atom. The topological polar surface area (TPSA) is 106 Å². The molecule has 4 rings (SSSR count). The van der Waals surface area contributed by atoms with Crippen LogP contribution in [-0.4, -0.2) is 80.7 Å². The van der Waals surface area contributed by atoms with Crippen molar-refractivity contribution in [3.05, 3.63) is 63.7 Å². The zero-order chi connectivity index (χ0) is 32.6. The van der Waals surface area contributed by atoms with E-state index >= 15 is 0 Å². The zero-order valence-corrected chi connectivity index (χ0v) is 28.0. The van der Waals surface area contributed by atoms with E-state index in [1.54, 1.807) is 24.3 Å². The van der Waals surface area contributed by atoms with E-state index in [1.807, 2.05) is 26.0 Å². The minimum Gasteiger partial charge on any atom is -0.490 e. The van der Waals surface area contributed by atoms with Crippen molar-refractivity contribution < 1.29 is 33.7 Å². The van der Waals surface area contributed by atoms with Gasteiger partial charge in [0.15, 0.2) is 5.60 Å². The van der Waals surface area contributed by atoms with Gasteiger partial charge in [0.25, 0.3) is 0 Å². The van der Waals surface area contributed by atoms with Crippen LogP contribution in [0.2, 0.25) is 5.02 Å². The van der Waals surface area contributed by atoms with E-state index in [1.165, 1.54) is 30.6 Å². The van der Waals surface area contributed by atoms with Crippen molar-refractivity contribution in [2.24, 2.45) is 0 Å². The number of hydrogen-bond donors (Lipinski definition) is 1. The Morgan fingerprint density at radius 3 is 2.18 bits per heavy atom. The van der Waals surface area contributed by atoms with Crippen LogP contribution < -0.4 is 9.47 Å². The maximum atomic E-state index is 13.4. The van der Waals surface area contributed by atoms with Crippen LogP contribution in [0.25, 0.3) is 5.57 Å². The second-order valence-corrected chi connectivity index (χ2v) is 14.1. The molecule has 1 saturated heterocycles. The molecule has 2 aromatic rings. The van der Waals surface area contributed by atoms with Crippen LogP contribution in [0.15, 0.2) is 42.0 Å². The number of aliphatic carboxylic acids is 1. The number of piperazine rings is 1. The van der Waals surface area contributed by atoms with E-state index in [4.69, 9.17) is 60.6 Å². The predicted molar refractivity (Wildman–Crippen MR) is 170 cm³/mol. The molecule has 44 heavy (non-hydrogen) atoms. The van der Waals surface area contributed by atoms with E-state index in [2.05, 4.69) is 0 Å². The van der Waals surface area contributed by atoms with Crippen molar-refractivity contribution in [3.8, 4) is 11.5 Å². The highest BCUT2D eigenvalue weighted by Crippen LogP contribution is 2.43. The molecule has 0 aromatic heterocycles. The summed E-state index contributed by atoms with van der Waals surface area (Å²) in [4.78, 5) is 41.3. The SMILES string of the molecule is CC(=O)N1CC2CC(c3ccc(OCCOc4cc(C)c(C)cc4Cl)cc3)=C(C(=O)O)C(C1)N2C(=O)OC(C)(C)C(Cl)(Cl)Cl. The smallest absolute Gasteiger partial charge is 0.411 e. The molecule has 238 valence electrons. The highest BCUT2D eigenvalue weighted by molar-refractivity contribution is 6.68. The molecular weight excluding hydrogens is 654 g/mol. The molecule has 0 saturated carbocycles. The van der Waals surface area contributed by atoms with E-state index in [-0.39, 0.29) is 44.2 Å². The molecule has 2 aromatic carbocycles. The number of carboxylic acid groups (broad SMARTS) is 1. The number of carbonyl (C=O) groups excluding carboxylic acids is 2. The number of fused-ring (bicyclic) bond motifs is 2. The number of alkyl halides is 3. The Hall–Kier alpha value is -2.85. The van der Waals surface area contributed by atoms with Crippen molar-refractivity contribution in [3.63, 3.8) is 0 Å². The molecule has 1 fully saturated rings. The number of hydrogen-bond acceptors (Lipinski definition) is 6. The van der Waals surface area contributed by atoms with Gasteiger partial charge in [-0.2, -0.15) is 0 Å². The molecule has 13 heteroatoms. The van der Waals surface area contributed by atoms with Crippen molar-refractivity contribution in [2.75, 3.05) is 26.3 Å². The first kappa shape index (κ1) is 34.0. The molecule has 1 N–H and O–H groups in total. The largest absolute Gasteiger partial charge is 0.490 e. The first-order chi connectivity index (χ1) is 20.5. The Balaban J connectivity index is 1.54. The molecule has 2 atom stereocenters. The molecule has 2 amide bonds. The number of halogens is 4. The molecule has 2 heterocycles. The minimum atomic E-state index is -1.93. The number of rotatable bonds is 8. The summed E-state index contributed by atoms with van der Waals surface area (Å²) in [7, 11) is 0. The number of carbonyl (C=O) groups is 3. The van der Waals surface area contributed by atoms with Gasteiger partial charge in [0, 0.05) is 20.0 Å². The normalized spacial score (nSPS) is 18.7. The lowest BCUT2D eigenvalue weighted by atomic mass is 9.82. The van der Waals surface area contributed by atoms with Crippen LogP contribution in [0.3, 0.4) is 0 Å². The van der Waals surface area contributed by atoms with Crippen molar-refractivity contribution in [1.82, 2.24) is 9.80 Å². The molecule has 2 unspecified atom stereocenters. The first-order valence-electron chi connectivity index (χ1n) is 13.9. The number of aryl methyl sites for hydroxylation is 2. The fraction of sp³-hybridized carbons (Fsp3) is 0.452. The van der Waals surface area contributed by atoms with Gasteiger partial charge in [-0.1, -0.05) is 58.5 Å². The van der Waals surface area contributed by atoms with Crippen molar-refractivity contribution >= 4 is 69.9 Å². The van der Waals surface area contributed by atoms with E-state index < -0.39 is 33.5 Å². The number of ether oxygens (including phenoxy) is 3. The third-order valence-electron chi connectivity index (χ3n) is 7.92. The zero-order valence-electron chi connectivity index (χ0n) is 25.0. The molecule has 9 nitrogen and oxygen atoms in total. The standard InChI is InChI=1S/C31H34Cl4N2O7/c1-17-12-24(32)26(13-18(17)2)43-11-10-42-22-8-6-20(7-9-22)23-14-21-15-36(19(3)38)16-25(27(23)28(39)40)37(21)29(41)44-30(4,5)31(33,34)35/h6-9,12-13,21,25H,10-11,14-16H2,1-5H3,(H,39,40). The third-order valence-corrected chi connectivity index (χ3v) is 9.58. The average Bonchev–Trinajstić information content (AvgIpc) is 2.92. The van der Waals surface area contributed by atoms with Gasteiger partial charge >= 0.3 is 12.1 Å². The van der Waals surface area contributed by atoms with Crippen molar-refractivity contribution in [2.45, 2.75) is 62.5 Å². The Morgan fingerprint density at radius 1 is 0.977 bits per heavy atom. The molecule has 0 aliphatic carbocycles. The molecule has 2 aliphatic heterocycles. The Bertz CT molecular complexity index is 1470. The fourth-order valence-electron chi connectivity index (χ4n) is 5.24. The lowest BCUT2D eigenvalue weighted by Gasteiger charge is -2.50. The van der Waals surface area contributed by atoms with E-state index in [0.717, 1.165) is 11.1 Å². The summed E-state index contributed by atoms with van der Waals surface area (Å²) in [5, 5.41) is 10.9. The van der Waals surface area contributed by atoms with Gasteiger partial charge in [0.05, 0.1) is 22.7 Å². The maximum Gasteiger partial charge on any atom is 0.411 e. The summed E-state index contributed by atoms with van der Waals surface area (Å²) in [5.41, 5.74) is 1.84. The van der Waals surface area contributed by atoms with E-state index in [9.17, 15) is 19.5 Å². The number of nitrogens with zero attached hydrogens (tertiary/aromatic N) is 2. The summed E-state index contributed by atoms with van der Waals surface area (Å²) < 4.78 is 15.3. The summed E-state index contributed by atoms with van der Waals surface area (Å²) in [5.74, 6) is -0.288. The van der Waals surface area contributed by atoms with Gasteiger partial charge in [-0.3, -0.25) is 9.69 Å². The molecule has 0 radical (unpaired) electrons. The molecule has 0 spiro atoms. The van der Waals surface area contributed by atoms with Gasteiger partial charge < -0.3 is 24.2 Å². The second kappa shape index (κ2) is 13.3. The molecule has 2 aliphatic rings. The number of carboxylic acids is 1. The number of benzene rings is 2. The van der Waals surface area contributed by atoms with E-state index in [0.29, 0.717) is 27.7 Å². The number of amides is 2. The molecular formula is C31H34Cl4N2O7. The second-order valence-electron chi connectivity index (χ2n) is 11.4. The quantitative estimate of drug-likeness (QED) is 0.239. The van der Waals surface area contributed by atoms with Crippen LogP contribution in [0, 0.1) is 13.8 Å². The third kappa shape index (κ3) is 7.33. The predicted octanol–water partition coefficient (Wildman–Crippen LogP) is 6.84. The summed E-state index contributed by atoms with van der Waals surface area (Å²) in [6.45, 7) is 8.97. The van der Waals surface area contributed by atoms with Crippen LogP contribution in [0.4, 0.5) is 4.79 Å². The lowest BCUT2D eigenvalue weighted by molar-refractivity contribution is -0.137. The van der Waals surface area contributed by atoms with Gasteiger partial charge in [-0.15, -0.1) is 0 Å². The van der Waals surface area contributed by atoms with Crippen LogP contribution >= 0.6 is 46.4 Å². The fourth-order valence-corrected chi connectivity index (χ4v) is 5.63. The van der Waals surface area contributed by atoms with Crippen LogP contribution in [0.1, 0.15) is 43.9 Å². The van der Waals surface area contributed by atoms with Gasteiger partial charge in [-0.05, 0) is 80.6 Å². The Kier molecular flexibility index (Phi) is 10.2. The van der Waals surface area contributed by atoms with Crippen LogP contribution in [-0.2, 0) is 14.3 Å². The summed E-state index contributed by atoms with van der Waals surface area (Å²) in [6, 6.07) is 9.22. The highest BCUT2D eigenvalue weighted by Gasteiger charge is 2.51. The Labute approximate surface area is 276 Å². The average molecular weight is 688 g/mol. The van der Waals surface area contributed by atoms with Crippen LogP contribution in [0.5, 0.6) is 11.5 Å². The van der Waals surface area contributed by atoms with Gasteiger partial charge in [0.1, 0.15) is 24.7 Å². The maximum absolute atomic E-state index is 13.4. The first-order valence-corrected chi connectivity index (χ1v) is 15.4. The van der Waals surface area contributed by atoms with Gasteiger partial charge in [0.2, 0.25) is 9.70 Å². The molecule has 2 bridgehead atoms. The monoisotopic (exact) mass is 686 g/mol. The summed E-state index contributed by atoms with van der Waals surface area (Å²) in [6.07, 6.45) is -0.666. The minimum absolute atomic E-state index is 0.0109.